The van der Waals surface area contributed by atoms with E-state index in [9.17, 15) is 4.79 Å². The second-order valence-corrected chi connectivity index (χ2v) is 9.39. The lowest BCUT2D eigenvalue weighted by Crippen LogP contribution is -2.49. The summed E-state index contributed by atoms with van der Waals surface area (Å²) in [6.07, 6.45) is 1.42. The van der Waals surface area contributed by atoms with Crippen molar-refractivity contribution in [3.8, 4) is 0 Å². The van der Waals surface area contributed by atoms with Crippen LogP contribution in [0.2, 0.25) is 0 Å². The summed E-state index contributed by atoms with van der Waals surface area (Å²) in [5.74, 6) is 1.71. The van der Waals surface area contributed by atoms with Gasteiger partial charge in [0, 0.05) is 36.8 Å². The molecule has 0 radical (unpaired) electrons. The molecule has 1 aliphatic rings. The largest absolute Gasteiger partial charge is 0.396 e. The third kappa shape index (κ3) is 4.77. The summed E-state index contributed by atoms with van der Waals surface area (Å²) in [7, 11) is 0. The maximum Gasteiger partial charge on any atom is 0.227 e. The first-order valence-electron chi connectivity index (χ1n) is 10.3. The highest BCUT2D eigenvalue weighted by atomic mass is 32.2. The van der Waals surface area contributed by atoms with Crippen LogP contribution >= 0.6 is 23.1 Å². The minimum atomic E-state index is 0.105. The molecule has 3 aromatic rings. The van der Waals surface area contributed by atoms with Gasteiger partial charge in [0.05, 0.1) is 18.4 Å². The average molecular weight is 443 g/mol. The van der Waals surface area contributed by atoms with Crippen molar-refractivity contribution in [2.24, 2.45) is 0 Å². The van der Waals surface area contributed by atoms with Gasteiger partial charge < -0.3 is 14.9 Å². The SMILES string of the molecule is CCc1cc2c(N3CCN(C(=O)Cc4ccccc4)CC3)nc(SCCO)nc2s1. The van der Waals surface area contributed by atoms with Crippen molar-refractivity contribution in [2.45, 2.75) is 24.9 Å². The summed E-state index contributed by atoms with van der Waals surface area (Å²) < 4.78 is 0. The molecule has 1 aliphatic heterocycles. The number of amides is 1. The Hall–Kier alpha value is -2.16. The van der Waals surface area contributed by atoms with E-state index in [1.807, 2.05) is 35.2 Å². The van der Waals surface area contributed by atoms with E-state index in [0.29, 0.717) is 30.4 Å². The van der Waals surface area contributed by atoms with Crippen LogP contribution < -0.4 is 4.90 Å². The van der Waals surface area contributed by atoms with Gasteiger partial charge in [-0.2, -0.15) is 0 Å². The van der Waals surface area contributed by atoms with Gasteiger partial charge in [-0.1, -0.05) is 49.0 Å². The van der Waals surface area contributed by atoms with Crippen LogP contribution in [0.5, 0.6) is 0 Å². The van der Waals surface area contributed by atoms with Crippen molar-refractivity contribution in [1.82, 2.24) is 14.9 Å². The Morgan fingerprint density at radius 2 is 1.93 bits per heavy atom. The lowest BCUT2D eigenvalue weighted by molar-refractivity contribution is -0.130. The third-order valence-electron chi connectivity index (χ3n) is 5.20. The third-order valence-corrected chi connectivity index (χ3v) is 7.20. The topological polar surface area (TPSA) is 69.6 Å². The summed E-state index contributed by atoms with van der Waals surface area (Å²) in [6.45, 7) is 5.16. The van der Waals surface area contributed by atoms with E-state index in [1.54, 1.807) is 11.3 Å². The number of aliphatic hydroxyl groups excluding tert-OH is 1. The number of carbonyl (C=O) groups is 1. The van der Waals surface area contributed by atoms with E-state index < -0.39 is 0 Å². The Morgan fingerprint density at radius 3 is 2.63 bits per heavy atom. The molecule has 0 spiro atoms. The molecule has 0 bridgehead atoms. The highest BCUT2D eigenvalue weighted by Crippen LogP contribution is 2.33. The number of rotatable bonds is 7. The maximum atomic E-state index is 12.7. The Bertz CT molecular complexity index is 1000. The van der Waals surface area contributed by atoms with Gasteiger partial charge in [-0.15, -0.1) is 11.3 Å². The zero-order chi connectivity index (χ0) is 20.9. The molecule has 0 aliphatic carbocycles. The molecule has 1 N–H and O–H groups in total. The van der Waals surface area contributed by atoms with E-state index in [4.69, 9.17) is 15.1 Å². The lowest BCUT2D eigenvalue weighted by atomic mass is 10.1. The van der Waals surface area contributed by atoms with Crippen LogP contribution in [0.1, 0.15) is 17.4 Å². The first-order valence-corrected chi connectivity index (χ1v) is 12.1. The molecule has 1 aromatic carbocycles. The maximum absolute atomic E-state index is 12.7. The summed E-state index contributed by atoms with van der Waals surface area (Å²) >= 11 is 3.19. The quantitative estimate of drug-likeness (QED) is 0.448. The van der Waals surface area contributed by atoms with E-state index in [2.05, 4.69) is 17.9 Å². The fourth-order valence-corrected chi connectivity index (χ4v) is 5.20. The van der Waals surface area contributed by atoms with Gasteiger partial charge in [-0.3, -0.25) is 4.79 Å². The Morgan fingerprint density at radius 1 is 1.17 bits per heavy atom. The second kappa shape index (κ2) is 9.76. The number of fused-ring (bicyclic) bond motifs is 1. The molecule has 158 valence electrons. The van der Waals surface area contributed by atoms with E-state index in [1.165, 1.54) is 16.6 Å². The predicted molar refractivity (Wildman–Crippen MR) is 124 cm³/mol. The highest BCUT2D eigenvalue weighted by molar-refractivity contribution is 7.99. The molecular formula is C22H26N4O2S2. The van der Waals surface area contributed by atoms with Gasteiger partial charge in [0.25, 0.3) is 0 Å². The van der Waals surface area contributed by atoms with Crippen molar-refractivity contribution in [3.63, 3.8) is 0 Å². The molecule has 8 heteroatoms. The fraction of sp³-hybridized carbons (Fsp3) is 0.409. The van der Waals surface area contributed by atoms with E-state index in [0.717, 1.165) is 41.1 Å². The number of aliphatic hydroxyl groups is 1. The first-order chi connectivity index (χ1) is 14.7. The number of carbonyl (C=O) groups excluding carboxylic acids is 1. The van der Waals surface area contributed by atoms with Gasteiger partial charge >= 0.3 is 0 Å². The molecule has 2 aromatic heterocycles. The zero-order valence-electron chi connectivity index (χ0n) is 17.1. The van der Waals surface area contributed by atoms with Crippen molar-refractivity contribution in [2.75, 3.05) is 43.4 Å². The molecular weight excluding hydrogens is 416 g/mol. The molecule has 4 rings (SSSR count). The zero-order valence-corrected chi connectivity index (χ0v) is 18.7. The second-order valence-electron chi connectivity index (χ2n) is 7.22. The number of hydrogen-bond donors (Lipinski definition) is 1. The Labute approximate surface area is 184 Å². The van der Waals surface area contributed by atoms with Crippen LogP contribution in [-0.2, 0) is 17.6 Å². The summed E-state index contributed by atoms with van der Waals surface area (Å²) in [6, 6.07) is 12.1. The minimum Gasteiger partial charge on any atom is -0.396 e. The molecule has 3 heterocycles. The number of aryl methyl sites for hydroxylation is 1. The number of piperazine rings is 1. The van der Waals surface area contributed by atoms with Gasteiger partial charge in [0.15, 0.2) is 5.16 Å². The van der Waals surface area contributed by atoms with Crippen LogP contribution in [0.25, 0.3) is 10.2 Å². The molecule has 0 saturated carbocycles. The standard InChI is InChI=1S/C22H26N4O2S2/c1-2-17-15-18-20(23-22(29-13-12-27)24-21(18)30-17)26-10-8-25(9-11-26)19(28)14-16-6-4-3-5-7-16/h3-7,15,27H,2,8-14H2,1H3. The molecule has 1 saturated heterocycles. The number of hydrogen-bond acceptors (Lipinski definition) is 7. The van der Waals surface area contributed by atoms with Crippen LogP contribution in [0, 0.1) is 0 Å². The highest BCUT2D eigenvalue weighted by Gasteiger charge is 2.24. The van der Waals surface area contributed by atoms with Crippen LogP contribution in [-0.4, -0.2) is 64.4 Å². The molecule has 1 fully saturated rings. The Balaban J connectivity index is 1.49. The summed E-state index contributed by atoms with van der Waals surface area (Å²) in [5.41, 5.74) is 1.05. The number of nitrogens with zero attached hydrogens (tertiary/aromatic N) is 4. The van der Waals surface area contributed by atoms with Gasteiger partial charge in [-0.05, 0) is 18.1 Å². The van der Waals surface area contributed by atoms with Crippen LogP contribution in [0.15, 0.2) is 41.6 Å². The minimum absolute atomic E-state index is 0.105. The normalized spacial score (nSPS) is 14.5. The predicted octanol–water partition coefficient (Wildman–Crippen LogP) is 3.23. The summed E-state index contributed by atoms with van der Waals surface area (Å²) in [5, 5.41) is 11.0. The number of thioether (sulfide) groups is 1. The summed E-state index contributed by atoms with van der Waals surface area (Å²) in [4.78, 5) is 28.7. The lowest BCUT2D eigenvalue weighted by Gasteiger charge is -2.35. The number of anilines is 1. The average Bonchev–Trinajstić information content (AvgIpc) is 3.21. The van der Waals surface area contributed by atoms with Gasteiger partial charge in [0.2, 0.25) is 5.91 Å². The molecule has 30 heavy (non-hydrogen) atoms. The van der Waals surface area contributed by atoms with Gasteiger partial charge in [-0.25, -0.2) is 9.97 Å². The molecule has 6 nitrogen and oxygen atoms in total. The Kier molecular flexibility index (Phi) is 6.86. The number of benzene rings is 1. The monoisotopic (exact) mass is 442 g/mol. The fourth-order valence-electron chi connectivity index (χ4n) is 3.60. The number of aromatic nitrogens is 2. The molecule has 0 unspecified atom stereocenters. The van der Waals surface area contributed by atoms with Crippen molar-refractivity contribution < 1.29 is 9.90 Å². The first kappa shape index (κ1) is 21.1. The van der Waals surface area contributed by atoms with Crippen LogP contribution in [0.3, 0.4) is 0 Å². The van der Waals surface area contributed by atoms with Crippen molar-refractivity contribution in [1.29, 1.82) is 0 Å². The van der Waals surface area contributed by atoms with Crippen molar-refractivity contribution in [3.05, 3.63) is 46.8 Å². The van der Waals surface area contributed by atoms with E-state index >= 15 is 0 Å². The van der Waals surface area contributed by atoms with Crippen molar-refractivity contribution >= 4 is 45.0 Å². The number of thiophene rings is 1. The molecule has 0 atom stereocenters. The van der Waals surface area contributed by atoms with E-state index in [-0.39, 0.29) is 12.5 Å². The van der Waals surface area contributed by atoms with Crippen LogP contribution in [0.4, 0.5) is 5.82 Å². The van der Waals surface area contributed by atoms with Gasteiger partial charge in [0.1, 0.15) is 10.6 Å². The smallest absolute Gasteiger partial charge is 0.227 e. The molecule has 1 amide bonds.